The maximum Gasteiger partial charge on any atom is 0.123 e. The quantitative estimate of drug-likeness (QED) is 0.896. The molecular weight excluding hydrogens is 241 g/mol. The molecule has 2 rings (SSSR count). The summed E-state index contributed by atoms with van der Waals surface area (Å²) in [6.45, 7) is 1.93. The normalized spacial score (nSPS) is 10.9. The van der Waals surface area contributed by atoms with Crippen LogP contribution in [0.3, 0.4) is 0 Å². The van der Waals surface area contributed by atoms with Crippen molar-refractivity contribution in [1.29, 1.82) is 0 Å². The van der Waals surface area contributed by atoms with Gasteiger partial charge in [-0.25, -0.2) is 4.39 Å². The van der Waals surface area contributed by atoms with Crippen LogP contribution in [-0.2, 0) is 19.6 Å². The van der Waals surface area contributed by atoms with Crippen molar-refractivity contribution in [2.75, 3.05) is 7.05 Å². The van der Waals surface area contributed by atoms with Crippen LogP contribution in [0.1, 0.15) is 16.7 Å². The van der Waals surface area contributed by atoms with E-state index in [-0.39, 0.29) is 5.82 Å². The molecule has 0 bridgehead atoms. The van der Waals surface area contributed by atoms with Gasteiger partial charge in [0.2, 0.25) is 0 Å². The molecule has 4 heteroatoms. The minimum Gasteiger partial charge on any atom is -0.326 e. The minimum absolute atomic E-state index is 0.235. The molecule has 1 heterocycles. The Labute approximate surface area is 112 Å². The van der Waals surface area contributed by atoms with E-state index >= 15 is 0 Å². The second-order valence-corrected chi connectivity index (χ2v) is 4.64. The van der Waals surface area contributed by atoms with Crippen molar-refractivity contribution in [3.05, 3.63) is 65.2 Å². The Morgan fingerprint density at radius 2 is 1.84 bits per heavy atom. The van der Waals surface area contributed by atoms with Crippen LogP contribution in [-0.4, -0.2) is 16.9 Å². The van der Waals surface area contributed by atoms with Gasteiger partial charge >= 0.3 is 0 Å². The molecule has 0 aliphatic carbocycles. The van der Waals surface area contributed by atoms with Gasteiger partial charge in [-0.1, -0.05) is 6.07 Å². The zero-order valence-electron chi connectivity index (χ0n) is 11.0. The first-order chi connectivity index (χ1) is 9.19. The monoisotopic (exact) mass is 259 g/mol. The standard InChI is InChI=1S/C15H18FN3/c1-19(10-12-4-6-18-7-5-12)11-13-2-3-15(16)8-14(13)9-17/h2-8H,9-11,17H2,1H3. The Morgan fingerprint density at radius 1 is 1.11 bits per heavy atom. The molecule has 0 aliphatic heterocycles. The number of aromatic nitrogens is 1. The van der Waals surface area contributed by atoms with Crippen LogP contribution in [0.25, 0.3) is 0 Å². The van der Waals surface area contributed by atoms with E-state index in [4.69, 9.17) is 5.73 Å². The summed E-state index contributed by atoms with van der Waals surface area (Å²) in [4.78, 5) is 6.17. The van der Waals surface area contributed by atoms with Gasteiger partial charge in [-0.2, -0.15) is 0 Å². The predicted molar refractivity (Wildman–Crippen MR) is 73.7 cm³/mol. The summed E-state index contributed by atoms with van der Waals surface area (Å²) in [5.41, 5.74) is 8.79. The van der Waals surface area contributed by atoms with Crippen LogP contribution < -0.4 is 5.73 Å². The van der Waals surface area contributed by atoms with E-state index in [0.717, 1.165) is 24.2 Å². The third-order valence-corrected chi connectivity index (χ3v) is 3.03. The molecule has 2 N–H and O–H groups in total. The number of rotatable bonds is 5. The average molecular weight is 259 g/mol. The van der Waals surface area contributed by atoms with Crippen molar-refractivity contribution in [3.8, 4) is 0 Å². The maximum absolute atomic E-state index is 13.1. The van der Waals surface area contributed by atoms with E-state index < -0.39 is 0 Å². The smallest absolute Gasteiger partial charge is 0.123 e. The number of benzene rings is 1. The molecule has 0 saturated carbocycles. The summed E-state index contributed by atoms with van der Waals surface area (Å²) < 4.78 is 13.1. The summed E-state index contributed by atoms with van der Waals surface area (Å²) in [5.74, 6) is -0.235. The summed E-state index contributed by atoms with van der Waals surface area (Å²) in [6, 6.07) is 8.78. The molecule has 0 unspecified atom stereocenters. The van der Waals surface area contributed by atoms with Crippen LogP contribution in [0.5, 0.6) is 0 Å². The number of nitrogens with two attached hydrogens (primary N) is 1. The third kappa shape index (κ3) is 3.84. The zero-order valence-corrected chi connectivity index (χ0v) is 11.0. The van der Waals surface area contributed by atoms with Crippen molar-refractivity contribution in [3.63, 3.8) is 0 Å². The van der Waals surface area contributed by atoms with Gasteiger partial charge in [0.25, 0.3) is 0 Å². The Hall–Kier alpha value is -1.78. The first-order valence-electron chi connectivity index (χ1n) is 6.24. The summed E-state index contributed by atoms with van der Waals surface area (Å²) in [5, 5.41) is 0. The largest absolute Gasteiger partial charge is 0.326 e. The fourth-order valence-corrected chi connectivity index (χ4v) is 2.09. The molecule has 1 aromatic carbocycles. The molecule has 2 aromatic rings. The number of hydrogen-bond donors (Lipinski definition) is 1. The fraction of sp³-hybridized carbons (Fsp3) is 0.267. The van der Waals surface area contributed by atoms with Crippen LogP contribution in [0, 0.1) is 5.82 Å². The van der Waals surface area contributed by atoms with Gasteiger partial charge in [-0.15, -0.1) is 0 Å². The number of nitrogens with zero attached hydrogens (tertiary/aromatic N) is 2. The van der Waals surface area contributed by atoms with Gasteiger partial charge in [0.1, 0.15) is 5.82 Å². The van der Waals surface area contributed by atoms with Crippen LogP contribution in [0.2, 0.25) is 0 Å². The predicted octanol–water partition coefficient (Wildman–Crippen LogP) is 2.31. The Balaban J connectivity index is 2.04. The van der Waals surface area contributed by atoms with Crippen molar-refractivity contribution < 1.29 is 4.39 Å². The highest BCUT2D eigenvalue weighted by Crippen LogP contribution is 2.14. The van der Waals surface area contributed by atoms with Gasteiger partial charge in [-0.05, 0) is 48.0 Å². The van der Waals surface area contributed by atoms with E-state index in [1.807, 2.05) is 19.2 Å². The third-order valence-electron chi connectivity index (χ3n) is 3.03. The molecule has 0 fully saturated rings. The van der Waals surface area contributed by atoms with Crippen molar-refractivity contribution in [2.45, 2.75) is 19.6 Å². The first-order valence-corrected chi connectivity index (χ1v) is 6.24. The number of hydrogen-bond acceptors (Lipinski definition) is 3. The molecule has 3 nitrogen and oxygen atoms in total. The average Bonchev–Trinajstić information content (AvgIpc) is 2.42. The molecule has 0 aliphatic rings. The van der Waals surface area contributed by atoms with Gasteiger partial charge in [0.05, 0.1) is 0 Å². The molecule has 1 aromatic heterocycles. The molecule has 0 atom stereocenters. The summed E-state index contributed by atoms with van der Waals surface area (Å²) in [6.07, 6.45) is 3.57. The zero-order chi connectivity index (χ0) is 13.7. The van der Waals surface area contributed by atoms with E-state index in [0.29, 0.717) is 6.54 Å². The molecule has 100 valence electrons. The van der Waals surface area contributed by atoms with Crippen molar-refractivity contribution in [1.82, 2.24) is 9.88 Å². The Kier molecular flexibility index (Phi) is 4.60. The lowest BCUT2D eigenvalue weighted by molar-refractivity contribution is 0.318. The summed E-state index contributed by atoms with van der Waals surface area (Å²) >= 11 is 0. The fourth-order valence-electron chi connectivity index (χ4n) is 2.09. The maximum atomic E-state index is 13.1. The topological polar surface area (TPSA) is 42.2 Å². The van der Waals surface area contributed by atoms with Crippen LogP contribution in [0.15, 0.2) is 42.7 Å². The van der Waals surface area contributed by atoms with Crippen LogP contribution in [0.4, 0.5) is 4.39 Å². The molecule has 0 radical (unpaired) electrons. The van der Waals surface area contributed by atoms with E-state index in [1.54, 1.807) is 18.5 Å². The first kappa shape index (κ1) is 13.6. The second-order valence-electron chi connectivity index (χ2n) is 4.64. The lowest BCUT2D eigenvalue weighted by atomic mass is 10.1. The highest BCUT2D eigenvalue weighted by Gasteiger charge is 2.06. The Morgan fingerprint density at radius 3 is 2.53 bits per heavy atom. The lowest BCUT2D eigenvalue weighted by Gasteiger charge is -2.18. The molecule has 0 saturated heterocycles. The lowest BCUT2D eigenvalue weighted by Crippen LogP contribution is -2.19. The molecular formula is C15H18FN3. The minimum atomic E-state index is -0.235. The molecule has 0 amide bonds. The number of halogens is 1. The molecule has 19 heavy (non-hydrogen) atoms. The van der Waals surface area contributed by atoms with Crippen molar-refractivity contribution >= 4 is 0 Å². The second kappa shape index (κ2) is 6.41. The Bertz CT molecular complexity index is 528. The van der Waals surface area contributed by atoms with Gasteiger partial charge in [-0.3, -0.25) is 9.88 Å². The van der Waals surface area contributed by atoms with E-state index in [9.17, 15) is 4.39 Å². The number of pyridine rings is 1. The highest BCUT2D eigenvalue weighted by atomic mass is 19.1. The van der Waals surface area contributed by atoms with Gasteiger partial charge < -0.3 is 5.73 Å². The van der Waals surface area contributed by atoms with Gasteiger partial charge in [0.15, 0.2) is 0 Å². The van der Waals surface area contributed by atoms with Gasteiger partial charge in [0, 0.05) is 32.0 Å². The van der Waals surface area contributed by atoms with Crippen LogP contribution >= 0.6 is 0 Å². The summed E-state index contributed by atoms with van der Waals surface area (Å²) in [7, 11) is 2.03. The highest BCUT2D eigenvalue weighted by molar-refractivity contribution is 5.27. The van der Waals surface area contributed by atoms with Crippen molar-refractivity contribution in [2.24, 2.45) is 5.73 Å². The van der Waals surface area contributed by atoms with E-state index in [2.05, 4.69) is 9.88 Å². The molecule has 0 spiro atoms. The SMILES string of the molecule is CN(Cc1ccncc1)Cc1ccc(F)cc1CN. The van der Waals surface area contributed by atoms with E-state index in [1.165, 1.54) is 17.7 Å².